The zero-order valence-corrected chi connectivity index (χ0v) is 12.3. The summed E-state index contributed by atoms with van der Waals surface area (Å²) in [6.45, 7) is 0. The average molecular weight is 354 g/mol. The van der Waals surface area contributed by atoms with Crippen molar-refractivity contribution in [2.45, 2.75) is 12.5 Å². The molecule has 0 aromatic heterocycles. The van der Waals surface area contributed by atoms with Gasteiger partial charge >= 0.3 is 0 Å². The first kappa shape index (κ1) is 13.4. The Hall–Kier alpha value is -1.07. The van der Waals surface area contributed by atoms with E-state index in [4.69, 9.17) is 4.74 Å². The molecule has 0 aliphatic rings. The van der Waals surface area contributed by atoms with Crippen molar-refractivity contribution >= 4 is 22.6 Å². The monoisotopic (exact) mass is 354 g/mol. The third kappa shape index (κ3) is 3.46. The summed E-state index contributed by atoms with van der Waals surface area (Å²) >= 11 is 2.25. The average Bonchev–Trinajstić information content (AvgIpc) is 2.39. The highest BCUT2D eigenvalue weighted by molar-refractivity contribution is 14.1. The molecule has 0 aliphatic carbocycles. The maximum absolute atomic E-state index is 10.2. The molecular weight excluding hydrogens is 339 g/mol. The molecule has 0 fully saturated rings. The lowest BCUT2D eigenvalue weighted by molar-refractivity contribution is 0.178. The van der Waals surface area contributed by atoms with Gasteiger partial charge in [0, 0.05) is 9.99 Å². The molecule has 1 N–H and O–H groups in total. The van der Waals surface area contributed by atoms with E-state index in [1.165, 1.54) is 3.57 Å². The third-order valence-electron chi connectivity index (χ3n) is 2.82. The van der Waals surface area contributed by atoms with E-state index in [1.807, 2.05) is 48.5 Å². The van der Waals surface area contributed by atoms with E-state index >= 15 is 0 Å². The molecule has 0 radical (unpaired) electrons. The second-order valence-electron chi connectivity index (χ2n) is 4.12. The molecule has 1 atom stereocenters. The Kier molecular flexibility index (Phi) is 4.60. The fourth-order valence-electron chi connectivity index (χ4n) is 1.83. The predicted molar refractivity (Wildman–Crippen MR) is 80.8 cm³/mol. The molecule has 0 bridgehead atoms. The minimum atomic E-state index is -0.478. The quantitative estimate of drug-likeness (QED) is 0.851. The van der Waals surface area contributed by atoms with Gasteiger partial charge in [-0.25, -0.2) is 0 Å². The zero-order valence-electron chi connectivity index (χ0n) is 10.1. The van der Waals surface area contributed by atoms with Crippen LogP contribution in [-0.2, 0) is 6.42 Å². The molecule has 2 nitrogen and oxygen atoms in total. The van der Waals surface area contributed by atoms with Crippen LogP contribution in [0.5, 0.6) is 5.75 Å². The number of aliphatic hydroxyl groups excluding tert-OH is 1. The van der Waals surface area contributed by atoms with Gasteiger partial charge in [0.05, 0.1) is 13.2 Å². The van der Waals surface area contributed by atoms with Crippen LogP contribution < -0.4 is 4.74 Å². The van der Waals surface area contributed by atoms with Crippen LogP contribution >= 0.6 is 22.6 Å². The molecule has 0 amide bonds. The Morgan fingerprint density at radius 2 is 1.89 bits per heavy atom. The molecule has 0 spiro atoms. The zero-order chi connectivity index (χ0) is 13.0. The molecule has 2 rings (SSSR count). The standard InChI is InChI=1S/C15H15IO2/c1-18-14-4-2-3-11(9-14)10-15(17)12-5-7-13(16)8-6-12/h2-9,15,17H,10H2,1H3. The number of benzene rings is 2. The van der Waals surface area contributed by atoms with Crippen LogP contribution in [0.2, 0.25) is 0 Å². The van der Waals surface area contributed by atoms with Crippen LogP contribution in [0.15, 0.2) is 48.5 Å². The van der Waals surface area contributed by atoms with Gasteiger partial charge in [-0.2, -0.15) is 0 Å². The van der Waals surface area contributed by atoms with Crippen molar-refractivity contribution in [2.24, 2.45) is 0 Å². The molecule has 18 heavy (non-hydrogen) atoms. The Balaban J connectivity index is 2.10. The van der Waals surface area contributed by atoms with Crippen molar-refractivity contribution in [2.75, 3.05) is 7.11 Å². The lowest BCUT2D eigenvalue weighted by atomic mass is 10.0. The van der Waals surface area contributed by atoms with Crippen LogP contribution in [-0.4, -0.2) is 12.2 Å². The van der Waals surface area contributed by atoms with Crippen LogP contribution in [0.1, 0.15) is 17.2 Å². The van der Waals surface area contributed by atoms with Gasteiger partial charge in [0.25, 0.3) is 0 Å². The highest BCUT2D eigenvalue weighted by atomic mass is 127. The minimum Gasteiger partial charge on any atom is -0.497 e. The number of aliphatic hydroxyl groups is 1. The van der Waals surface area contributed by atoms with Crippen molar-refractivity contribution in [1.82, 2.24) is 0 Å². The molecule has 0 heterocycles. The fourth-order valence-corrected chi connectivity index (χ4v) is 2.19. The molecule has 0 saturated heterocycles. The first-order chi connectivity index (χ1) is 8.69. The summed E-state index contributed by atoms with van der Waals surface area (Å²) in [6.07, 6.45) is 0.117. The third-order valence-corrected chi connectivity index (χ3v) is 3.54. The second-order valence-corrected chi connectivity index (χ2v) is 5.37. The molecule has 0 aliphatic heterocycles. The Labute approximate surface area is 121 Å². The van der Waals surface area contributed by atoms with E-state index in [0.717, 1.165) is 16.9 Å². The maximum Gasteiger partial charge on any atom is 0.119 e. The van der Waals surface area contributed by atoms with E-state index in [1.54, 1.807) is 7.11 Å². The van der Waals surface area contributed by atoms with Crippen molar-refractivity contribution in [3.05, 3.63) is 63.2 Å². The lowest BCUT2D eigenvalue weighted by Crippen LogP contribution is -2.01. The summed E-state index contributed by atoms with van der Waals surface area (Å²) in [5.41, 5.74) is 2.01. The van der Waals surface area contributed by atoms with Crippen molar-refractivity contribution in [3.63, 3.8) is 0 Å². The van der Waals surface area contributed by atoms with E-state index < -0.39 is 6.10 Å². The highest BCUT2D eigenvalue weighted by Gasteiger charge is 2.08. The number of hydrogen-bond acceptors (Lipinski definition) is 2. The van der Waals surface area contributed by atoms with Crippen molar-refractivity contribution < 1.29 is 9.84 Å². The molecule has 1 unspecified atom stereocenters. The van der Waals surface area contributed by atoms with Crippen molar-refractivity contribution in [1.29, 1.82) is 0 Å². The summed E-state index contributed by atoms with van der Waals surface area (Å²) in [5.74, 6) is 0.822. The first-order valence-electron chi connectivity index (χ1n) is 5.75. The topological polar surface area (TPSA) is 29.5 Å². The molecule has 2 aromatic rings. The van der Waals surface area contributed by atoms with Gasteiger partial charge in [0.2, 0.25) is 0 Å². The maximum atomic E-state index is 10.2. The number of rotatable bonds is 4. The number of hydrogen-bond donors (Lipinski definition) is 1. The van der Waals surface area contributed by atoms with Gasteiger partial charge < -0.3 is 9.84 Å². The Morgan fingerprint density at radius 3 is 2.56 bits per heavy atom. The van der Waals surface area contributed by atoms with E-state index in [-0.39, 0.29) is 0 Å². The molecule has 94 valence electrons. The lowest BCUT2D eigenvalue weighted by Gasteiger charge is -2.12. The number of ether oxygens (including phenoxy) is 1. The Bertz CT molecular complexity index is 508. The van der Waals surface area contributed by atoms with Gasteiger partial charge in [-0.3, -0.25) is 0 Å². The smallest absolute Gasteiger partial charge is 0.119 e. The largest absolute Gasteiger partial charge is 0.497 e. The van der Waals surface area contributed by atoms with E-state index in [2.05, 4.69) is 22.6 Å². The second kappa shape index (κ2) is 6.20. The summed E-state index contributed by atoms with van der Waals surface area (Å²) in [4.78, 5) is 0. The number of halogens is 1. The molecule has 2 aromatic carbocycles. The summed E-state index contributed by atoms with van der Waals surface area (Å²) in [7, 11) is 1.65. The van der Waals surface area contributed by atoms with Gasteiger partial charge in [-0.15, -0.1) is 0 Å². The number of methoxy groups -OCH3 is 1. The van der Waals surface area contributed by atoms with Gasteiger partial charge in [0.1, 0.15) is 5.75 Å². The fraction of sp³-hybridized carbons (Fsp3) is 0.200. The summed E-state index contributed by atoms with van der Waals surface area (Å²) in [5, 5.41) is 10.2. The Morgan fingerprint density at radius 1 is 1.17 bits per heavy atom. The van der Waals surface area contributed by atoms with Gasteiger partial charge in [0.15, 0.2) is 0 Å². The van der Waals surface area contributed by atoms with E-state index in [9.17, 15) is 5.11 Å². The molecule has 0 saturated carbocycles. The normalized spacial score (nSPS) is 12.2. The predicted octanol–water partition coefficient (Wildman–Crippen LogP) is 3.58. The van der Waals surface area contributed by atoms with Crippen LogP contribution in [0.3, 0.4) is 0 Å². The van der Waals surface area contributed by atoms with E-state index in [0.29, 0.717) is 6.42 Å². The van der Waals surface area contributed by atoms with Crippen LogP contribution in [0.4, 0.5) is 0 Å². The highest BCUT2D eigenvalue weighted by Crippen LogP contribution is 2.21. The first-order valence-corrected chi connectivity index (χ1v) is 6.83. The van der Waals surface area contributed by atoms with Crippen molar-refractivity contribution in [3.8, 4) is 5.75 Å². The molecule has 3 heteroatoms. The van der Waals surface area contributed by atoms with Gasteiger partial charge in [-0.05, 0) is 58.0 Å². The summed E-state index contributed by atoms with van der Waals surface area (Å²) < 4.78 is 6.35. The summed E-state index contributed by atoms with van der Waals surface area (Å²) in [6, 6.07) is 15.7. The van der Waals surface area contributed by atoms with Crippen LogP contribution in [0, 0.1) is 3.57 Å². The SMILES string of the molecule is COc1cccc(CC(O)c2ccc(I)cc2)c1. The van der Waals surface area contributed by atoms with Gasteiger partial charge in [-0.1, -0.05) is 24.3 Å². The van der Waals surface area contributed by atoms with Crippen LogP contribution in [0.25, 0.3) is 0 Å². The minimum absolute atomic E-state index is 0.478. The molecular formula is C15H15IO2.